The average molecular weight is 418 g/mol. The largest absolute Gasteiger partial charge is 0.396 e. The van der Waals surface area contributed by atoms with Gasteiger partial charge >= 0.3 is 0 Å². The number of carbonyl (C=O) groups excluding carboxylic acids is 2. The average Bonchev–Trinajstić information content (AvgIpc) is 3.20. The Kier molecular flexibility index (Phi) is 6.13. The molecule has 1 fully saturated rings. The van der Waals surface area contributed by atoms with E-state index < -0.39 is 0 Å². The van der Waals surface area contributed by atoms with Crippen LogP contribution < -0.4 is 10.6 Å². The van der Waals surface area contributed by atoms with Crippen LogP contribution in [0.1, 0.15) is 18.9 Å². The minimum atomic E-state index is -0.286. The van der Waals surface area contributed by atoms with Gasteiger partial charge in [0.05, 0.1) is 17.3 Å². The van der Waals surface area contributed by atoms with Crippen LogP contribution in [0.2, 0.25) is 0 Å². The zero-order valence-corrected chi connectivity index (χ0v) is 17.4. The molecule has 0 aliphatic carbocycles. The van der Waals surface area contributed by atoms with E-state index in [-0.39, 0.29) is 30.3 Å². The van der Waals surface area contributed by atoms with E-state index in [1.165, 1.54) is 0 Å². The molecule has 1 aliphatic heterocycles. The maximum atomic E-state index is 12.8. The number of piperidine rings is 1. The predicted molar refractivity (Wildman–Crippen MR) is 119 cm³/mol. The van der Waals surface area contributed by atoms with Gasteiger partial charge in [-0.15, -0.1) is 5.10 Å². The highest BCUT2D eigenvalue weighted by Crippen LogP contribution is 2.28. The van der Waals surface area contributed by atoms with Crippen LogP contribution in [0, 0.1) is 11.8 Å². The lowest BCUT2D eigenvalue weighted by Crippen LogP contribution is -2.44. The first-order valence-electron chi connectivity index (χ1n) is 10.5. The van der Waals surface area contributed by atoms with Gasteiger partial charge < -0.3 is 15.7 Å². The minimum absolute atomic E-state index is 0.0116. The number of aliphatic hydroxyl groups excluding tert-OH is 1. The molecule has 1 aliphatic rings. The third kappa shape index (κ3) is 4.67. The van der Waals surface area contributed by atoms with Crippen LogP contribution in [-0.2, 0) is 16.0 Å². The van der Waals surface area contributed by atoms with Crippen LogP contribution in [-0.4, -0.2) is 39.9 Å². The molecule has 1 saturated heterocycles. The van der Waals surface area contributed by atoms with Gasteiger partial charge in [-0.2, -0.15) is 0 Å². The first-order chi connectivity index (χ1) is 15.0. The summed E-state index contributed by atoms with van der Waals surface area (Å²) in [5.74, 6) is -0.171. The van der Waals surface area contributed by atoms with Crippen molar-refractivity contribution in [1.82, 2.24) is 15.1 Å². The van der Waals surface area contributed by atoms with E-state index in [1.54, 1.807) is 4.68 Å². The van der Waals surface area contributed by atoms with Crippen LogP contribution in [0.5, 0.6) is 0 Å². The van der Waals surface area contributed by atoms with Crippen LogP contribution in [0.4, 0.5) is 5.82 Å². The Hall–Kier alpha value is -3.45. The number of para-hydroxylation sites is 1. The third-order valence-corrected chi connectivity index (χ3v) is 5.56. The fourth-order valence-electron chi connectivity index (χ4n) is 3.87. The quantitative estimate of drug-likeness (QED) is 0.574. The number of aliphatic hydroxyl groups is 1. The Morgan fingerprint density at radius 2 is 2.00 bits per heavy atom. The lowest BCUT2D eigenvalue weighted by molar-refractivity contribution is -0.129. The zero-order valence-electron chi connectivity index (χ0n) is 17.4. The number of anilines is 1. The van der Waals surface area contributed by atoms with Crippen molar-refractivity contribution < 1.29 is 14.7 Å². The maximum absolute atomic E-state index is 12.8. The fraction of sp³-hybridized carbons (Fsp3) is 0.292. The molecule has 2 aromatic carbocycles. The Labute approximate surface area is 181 Å². The summed E-state index contributed by atoms with van der Waals surface area (Å²) < 4.78 is 1.80. The summed E-state index contributed by atoms with van der Waals surface area (Å²) in [6, 6.07) is 19.5. The molecule has 2 heterocycles. The highest BCUT2D eigenvalue weighted by molar-refractivity contribution is 5.94. The number of hydrogen-bond acceptors (Lipinski definition) is 4. The van der Waals surface area contributed by atoms with Gasteiger partial charge in [0.1, 0.15) is 0 Å². The number of carbonyl (C=O) groups is 2. The number of hydrogen-bond donors (Lipinski definition) is 3. The van der Waals surface area contributed by atoms with Gasteiger partial charge in [-0.05, 0) is 36.6 Å². The normalized spacial score (nSPS) is 18.5. The number of benzene rings is 2. The topological polar surface area (TPSA) is 96.2 Å². The molecule has 4 rings (SSSR count). The molecule has 3 aromatic rings. The lowest BCUT2D eigenvalue weighted by Gasteiger charge is -2.25. The summed E-state index contributed by atoms with van der Waals surface area (Å²) in [6.07, 6.45) is 1.09. The van der Waals surface area contributed by atoms with E-state index in [1.807, 2.05) is 67.6 Å². The van der Waals surface area contributed by atoms with Crippen LogP contribution in [0.25, 0.3) is 16.9 Å². The molecule has 0 bridgehead atoms. The highest BCUT2D eigenvalue weighted by atomic mass is 16.3. The van der Waals surface area contributed by atoms with Crippen LogP contribution >= 0.6 is 0 Å². The van der Waals surface area contributed by atoms with Gasteiger partial charge in [-0.3, -0.25) is 9.59 Å². The Balaban J connectivity index is 1.65. The molecule has 0 spiro atoms. The van der Waals surface area contributed by atoms with E-state index in [2.05, 4.69) is 15.7 Å². The summed E-state index contributed by atoms with van der Waals surface area (Å²) in [6.45, 7) is 2.25. The standard InChI is InChI=1S/C24H26N4O3/c1-16-12-19(15-25-23(16)30)24(31)26-22-14-21(18-7-5-6-17(13-18)10-11-29)28(27-22)20-8-3-2-4-9-20/h2-9,13-14,16,19,29H,10-12,15H2,1H3,(H,25,30)(H,26,27,31). The minimum Gasteiger partial charge on any atom is -0.396 e. The molecule has 0 radical (unpaired) electrons. The molecule has 3 N–H and O–H groups in total. The van der Waals surface area contributed by atoms with E-state index >= 15 is 0 Å². The van der Waals surface area contributed by atoms with Crippen molar-refractivity contribution >= 4 is 17.6 Å². The summed E-state index contributed by atoms with van der Waals surface area (Å²) in [5, 5.41) is 19.6. The van der Waals surface area contributed by atoms with Gasteiger partial charge in [0, 0.05) is 30.7 Å². The predicted octanol–water partition coefficient (Wildman–Crippen LogP) is 2.78. The number of nitrogens with zero attached hydrogens (tertiary/aromatic N) is 2. The van der Waals surface area contributed by atoms with Crippen molar-refractivity contribution in [3.05, 3.63) is 66.2 Å². The van der Waals surface area contributed by atoms with Crippen molar-refractivity contribution in [2.24, 2.45) is 11.8 Å². The second kappa shape index (κ2) is 9.14. The molecule has 7 heteroatoms. The van der Waals surface area contributed by atoms with Crippen molar-refractivity contribution in [3.63, 3.8) is 0 Å². The monoisotopic (exact) mass is 418 g/mol. The first-order valence-corrected chi connectivity index (χ1v) is 10.5. The summed E-state index contributed by atoms with van der Waals surface area (Å²) in [4.78, 5) is 24.5. The molecule has 7 nitrogen and oxygen atoms in total. The van der Waals surface area contributed by atoms with E-state index in [9.17, 15) is 14.7 Å². The van der Waals surface area contributed by atoms with Gasteiger partial charge in [0.15, 0.2) is 5.82 Å². The second-order valence-corrected chi connectivity index (χ2v) is 7.90. The van der Waals surface area contributed by atoms with E-state index in [0.29, 0.717) is 25.2 Å². The molecular formula is C24H26N4O3. The van der Waals surface area contributed by atoms with Crippen molar-refractivity contribution in [2.75, 3.05) is 18.5 Å². The first kappa shape index (κ1) is 20.8. The van der Waals surface area contributed by atoms with Gasteiger partial charge in [-0.1, -0.05) is 43.3 Å². The summed E-state index contributed by atoms with van der Waals surface area (Å²) in [7, 11) is 0. The van der Waals surface area contributed by atoms with Crippen LogP contribution in [0.15, 0.2) is 60.7 Å². The molecule has 2 unspecified atom stereocenters. The molecular weight excluding hydrogens is 392 g/mol. The van der Waals surface area contributed by atoms with E-state index in [4.69, 9.17) is 0 Å². The van der Waals surface area contributed by atoms with Crippen molar-refractivity contribution in [2.45, 2.75) is 19.8 Å². The summed E-state index contributed by atoms with van der Waals surface area (Å²) in [5.41, 5.74) is 3.69. The summed E-state index contributed by atoms with van der Waals surface area (Å²) >= 11 is 0. The SMILES string of the molecule is CC1CC(C(=O)Nc2cc(-c3cccc(CCO)c3)n(-c3ccccc3)n2)CNC1=O. The smallest absolute Gasteiger partial charge is 0.230 e. The van der Waals surface area contributed by atoms with Crippen LogP contribution in [0.3, 0.4) is 0 Å². The van der Waals surface area contributed by atoms with Gasteiger partial charge in [0.2, 0.25) is 11.8 Å². The molecule has 160 valence electrons. The molecule has 31 heavy (non-hydrogen) atoms. The van der Waals surface area contributed by atoms with Gasteiger partial charge in [-0.25, -0.2) is 4.68 Å². The zero-order chi connectivity index (χ0) is 21.8. The number of aromatic nitrogens is 2. The number of nitrogens with one attached hydrogen (secondary N) is 2. The Bertz CT molecular complexity index is 1080. The molecule has 2 amide bonds. The third-order valence-electron chi connectivity index (χ3n) is 5.56. The molecule has 0 saturated carbocycles. The van der Waals surface area contributed by atoms with Gasteiger partial charge in [0.25, 0.3) is 0 Å². The second-order valence-electron chi connectivity index (χ2n) is 7.90. The van der Waals surface area contributed by atoms with Crippen molar-refractivity contribution in [3.8, 4) is 16.9 Å². The fourth-order valence-corrected chi connectivity index (χ4v) is 3.87. The highest BCUT2D eigenvalue weighted by Gasteiger charge is 2.30. The number of amides is 2. The van der Waals surface area contributed by atoms with Crippen molar-refractivity contribution in [1.29, 1.82) is 0 Å². The number of rotatable bonds is 6. The Morgan fingerprint density at radius 3 is 2.74 bits per heavy atom. The lowest BCUT2D eigenvalue weighted by atomic mass is 9.90. The Morgan fingerprint density at radius 1 is 1.19 bits per heavy atom. The molecule has 1 aromatic heterocycles. The van der Waals surface area contributed by atoms with E-state index in [0.717, 1.165) is 22.5 Å². The maximum Gasteiger partial charge on any atom is 0.230 e. The molecule has 2 atom stereocenters.